The van der Waals surface area contributed by atoms with Gasteiger partial charge in [0.1, 0.15) is 18.0 Å². The number of fused-ring (bicyclic) bond motifs is 3. The van der Waals surface area contributed by atoms with Crippen molar-refractivity contribution in [3.05, 3.63) is 53.6 Å². The molecule has 4 unspecified atom stereocenters. The van der Waals surface area contributed by atoms with Gasteiger partial charge in [-0.3, -0.25) is 9.59 Å². The normalized spacial score (nSPS) is 36.4. The molecule has 7 heteroatoms. The van der Waals surface area contributed by atoms with Crippen molar-refractivity contribution in [1.82, 2.24) is 10.2 Å². The lowest BCUT2D eigenvalue weighted by atomic mass is 9.49. The average Bonchev–Trinajstić information content (AvgIpc) is 3.29. The topological polar surface area (TPSA) is 99.1 Å². The fraction of sp³-hybridized carbons (Fsp3) is 0.613. The smallest absolute Gasteiger partial charge is 0.247 e. The molecular weight excluding hydrogens is 480 g/mol. The summed E-state index contributed by atoms with van der Waals surface area (Å²) in [5.74, 6) is 2.05. The lowest BCUT2D eigenvalue weighted by Crippen LogP contribution is -2.59. The molecule has 5 aliphatic carbocycles. The standard InChI is InChI=1S/C31H40N2O5/c1-2-3-8-26(35)33(18-31-15-19-11-20(16-31)13-21(12-19)17-31)24-14-23(30(37)32-9-10-34)27-22-6-4-5-7-25(22)38-29(27)28(24)36/h3-8,14,19-21,24,27-29,34,36H,2,9-13,15-18H2,1H3,(H,32,37). The Morgan fingerprint density at radius 3 is 2.47 bits per heavy atom. The van der Waals surface area contributed by atoms with Crippen molar-refractivity contribution in [3.63, 3.8) is 0 Å². The molecule has 1 aromatic rings. The van der Waals surface area contributed by atoms with Crippen LogP contribution in [0.25, 0.3) is 0 Å². The summed E-state index contributed by atoms with van der Waals surface area (Å²) in [6.07, 6.45) is 11.8. The first-order chi connectivity index (χ1) is 18.4. The molecule has 3 N–H and O–H groups in total. The van der Waals surface area contributed by atoms with Crippen molar-refractivity contribution in [2.24, 2.45) is 23.2 Å². The Morgan fingerprint density at radius 1 is 1.13 bits per heavy atom. The average molecular weight is 521 g/mol. The zero-order chi connectivity index (χ0) is 26.4. The summed E-state index contributed by atoms with van der Waals surface area (Å²) in [6, 6.07) is 6.91. The van der Waals surface area contributed by atoms with E-state index in [0.29, 0.717) is 17.9 Å². The maximum Gasteiger partial charge on any atom is 0.247 e. The minimum Gasteiger partial charge on any atom is -0.486 e. The molecule has 0 saturated heterocycles. The van der Waals surface area contributed by atoms with E-state index >= 15 is 0 Å². The van der Waals surface area contributed by atoms with Crippen LogP contribution in [0.5, 0.6) is 5.75 Å². The highest BCUT2D eigenvalue weighted by Crippen LogP contribution is 2.60. The van der Waals surface area contributed by atoms with Crippen LogP contribution < -0.4 is 10.1 Å². The lowest BCUT2D eigenvalue weighted by molar-refractivity contribution is -0.140. The van der Waals surface area contributed by atoms with Crippen molar-refractivity contribution < 1.29 is 24.5 Å². The molecule has 6 aliphatic rings. The fourth-order valence-corrected chi connectivity index (χ4v) is 8.68. The predicted molar refractivity (Wildman–Crippen MR) is 143 cm³/mol. The third-order valence-electron chi connectivity index (χ3n) is 9.69. The number of hydrogen-bond donors (Lipinski definition) is 3. The van der Waals surface area contributed by atoms with Gasteiger partial charge in [0.05, 0.1) is 18.6 Å². The summed E-state index contributed by atoms with van der Waals surface area (Å²) in [4.78, 5) is 29.0. The Balaban J connectivity index is 1.38. The van der Waals surface area contributed by atoms with Gasteiger partial charge in [-0.05, 0) is 86.3 Å². The van der Waals surface area contributed by atoms with Crippen LogP contribution in [0.4, 0.5) is 0 Å². The number of nitrogens with one attached hydrogen (secondary N) is 1. The van der Waals surface area contributed by atoms with E-state index in [9.17, 15) is 19.8 Å². The summed E-state index contributed by atoms with van der Waals surface area (Å²) in [7, 11) is 0. The third kappa shape index (κ3) is 4.47. The van der Waals surface area contributed by atoms with E-state index in [1.807, 2.05) is 48.2 Å². The number of aliphatic hydroxyl groups is 2. The number of ether oxygens (including phenoxy) is 1. The molecule has 4 fully saturated rings. The second kappa shape index (κ2) is 10.2. The molecule has 0 aromatic heterocycles. The van der Waals surface area contributed by atoms with Crippen LogP contribution in [0.2, 0.25) is 0 Å². The number of carbonyl (C=O) groups is 2. The van der Waals surface area contributed by atoms with Gasteiger partial charge in [0, 0.05) is 24.2 Å². The van der Waals surface area contributed by atoms with E-state index in [4.69, 9.17) is 4.74 Å². The number of nitrogens with zero attached hydrogens (tertiary/aromatic N) is 1. The van der Waals surface area contributed by atoms with Gasteiger partial charge in [-0.1, -0.05) is 31.2 Å². The number of hydrogen-bond acceptors (Lipinski definition) is 5. The van der Waals surface area contributed by atoms with Crippen LogP contribution in [-0.4, -0.2) is 64.9 Å². The molecule has 7 nitrogen and oxygen atoms in total. The van der Waals surface area contributed by atoms with Gasteiger partial charge in [-0.25, -0.2) is 0 Å². The van der Waals surface area contributed by atoms with Gasteiger partial charge in [0.2, 0.25) is 11.8 Å². The molecule has 0 spiro atoms. The third-order valence-corrected chi connectivity index (χ3v) is 9.69. The molecule has 1 aromatic carbocycles. The maximum absolute atomic E-state index is 13.8. The van der Waals surface area contributed by atoms with E-state index in [0.717, 1.165) is 49.0 Å². The summed E-state index contributed by atoms with van der Waals surface area (Å²) in [5, 5.41) is 23.9. The number of carbonyl (C=O) groups excluding carboxylic acids is 2. The minimum atomic E-state index is -0.977. The Kier molecular flexibility index (Phi) is 6.85. The van der Waals surface area contributed by atoms with Gasteiger partial charge in [-0.15, -0.1) is 0 Å². The molecule has 204 valence electrons. The molecule has 1 aliphatic heterocycles. The molecule has 1 heterocycles. The minimum absolute atomic E-state index is 0.0771. The molecule has 4 saturated carbocycles. The van der Waals surface area contributed by atoms with Crippen molar-refractivity contribution >= 4 is 11.8 Å². The van der Waals surface area contributed by atoms with E-state index in [2.05, 4.69) is 5.32 Å². The molecule has 2 amide bonds. The van der Waals surface area contributed by atoms with Gasteiger partial charge in [0.15, 0.2) is 0 Å². The summed E-state index contributed by atoms with van der Waals surface area (Å²) in [5.41, 5.74) is 1.44. The van der Waals surface area contributed by atoms with Gasteiger partial charge in [-0.2, -0.15) is 0 Å². The highest BCUT2D eigenvalue weighted by molar-refractivity contribution is 5.96. The molecule has 4 atom stereocenters. The number of benzene rings is 1. The quantitative estimate of drug-likeness (QED) is 0.457. The van der Waals surface area contributed by atoms with Gasteiger partial charge in [0.25, 0.3) is 0 Å². The van der Waals surface area contributed by atoms with Crippen molar-refractivity contribution in [3.8, 4) is 5.75 Å². The number of rotatable bonds is 8. The number of aliphatic hydroxyl groups excluding tert-OH is 2. The van der Waals surface area contributed by atoms with Crippen LogP contribution in [0.15, 0.2) is 48.1 Å². The van der Waals surface area contributed by atoms with Crippen LogP contribution in [0, 0.1) is 23.2 Å². The number of para-hydroxylation sites is 1. The first kappa shape index (κ1) is 25.6. The molecule has 38 heavy (non-hydrogen) atoms. The van der Waals surface area contributed by atoms with E-state index in [-0.39, 0.29) is 30.4 Å². The number of allylic oxidation sites excluding steroid dienone is 1. The highest BCUT2D eigenvalue weighted by atomic mass is 16.5. The van der Waals surface area contributed by atoms with Gasteiger partial charge >= 0.3 is 0 Å². The predicted octanol–water partition coefficient (Wildman–Crippen LogP) is 3.32. The van der Waals surface area contributed by atoms with Crippen molar-refractivity contribution in [2.75, 3.05) is 19.7 Å². The summed E-state index contributed by atoms with van der Waals surface area (Å²) < 4.78 is 6.27. The highest BCUT2D eigenvalue weighted by Gasteiger charge is 2.54. The molecule has 4 bridgehead atoms. The first-order valence-electron chi connectivity index (χ1n) is 14.4. The maximum atomic E-state index is 13.8. The number of amides is 2. The Morgan fingerprint density at radius 2 is 1.82 bits per heavy atom. The lowest BCUT2D eigenvalue weighted by Gasteiger charge is -2.58. The molecule has 0 radical (unpaired) electrons. The fourth-order valence-electron chi connectivity index (χ4n) is 8.68. The Bertz CT molecular complexity index is 1110. The molecule has 7 rings (SSSR count). The van der Waals surface area contributed by atoms with E-state index in [1.165, 1.54) is 19.3 Å². The van der Waals surface area contributed by atoms with Crippen LogP contribution in [0.1, 0.15) is 63.4 Å². The molecular formula is C31H40N2O5. The zero-order valence-electron chi connectivity index (χ0n) is 22.2. The summed E-state index contributed by atoms with van der Waals surface area (Å²) in [6.45, 7) is 2.57. The largest absolute Gasteiger partial charge is 0.486 e. The Labute approximate surface area is 224 Å². The van der Waals surface area contributed by atoms with Crippen LogP contribution in [0.3, 0.4) is 0 Å². The second-order valence-corrected chi connectivity index (χ2v) is 12.4. The summed E-state index contributed by atoms with van der Waals surface area (Å²) >= 11 is 0. The Hall–Kier alpha value is -2.64. The zero-order valence-corrected chi connectivity index (χ0v) is 22.2. The van der Waals surface area contributed by atoms with Crippen molar-refractivity contribution in [1.29, 1.82) is 0 Å². The monoisotopic (exact) mass is 520 g/mol. The van der Waals surface area contributed by atoms with E-state index in [1.54, 1.807) is 6.08 Å². The van der Waals surface area contributed by atoms with Crippen LogP contribution >= 0.6 is 0 Å². The van der Waals surface area contributed by atoms with Crippen molar-refractivity contribution in [2.45, 2.75) is 76.0 Å². The first-order valence-corrected chi connectivity index (χ1v) is 14.4. The second-order valence-electron chi connectivity index (χ2n) is 12.4. The van der Waals surface area contributed by atoms with E-state index < -0.39 is 24.2 Å². The van der Waals surface area contributed by atoms with Crippen LogP contribution in [-0.2, 0) is 9.59 Å². The van der Waals surface area contributed by atoms with Gasteiger partial charge < -0.3 is 25.2 Å². The SMILES string of the molecule is CCC=CC(=O)N(CC12CC3CC(CC(C3)C1)C2)C1C=C(C(=O)NCCO)C2c3ccccc3OC2C1O.